The minimum atomic E-state index is -4.14. The number of amidine groups is 1. The van der Waals surface area contributed by atoms with Gasteiger partial charge in [-0.15, -0.1) is 0 Å². The first-order chi connectivity index (χ1) is 21.6. The summed E-state index contributed by atoms with van der Waals surface area (Å²) in [4.78, 5) is 33.4. The number of carbonyl (C=O) groups excluding carboxylic acids is 2. The highest BCUT2D eigenvalue weighted by Crippen LogP contribution is 2.33. The molecule has 0 saturated heterocycles. The number of Topliss-reactive ketones (excluding diaryl/α,β-unsaturated/α-hetero) is 1. The lowest BCUT2D eigenvalue weighted by Crippen LogP contribution is -2.32. The number of aryl methyl sites for hydroxylation is 2. The van der Waals surface area contributed by atoms with Crippen molar-refractivity contribution in [1.82, 2.24) is 9.97 Å². The predicted molar refractivity (Wildman–Crippen MR) is 175 cm³/mol. The Morgan fingerprint density at radius 2 is 1.78 bits per heavy atom. The molecule has 0 atom stereocenters. The number of carbonyl (C=O) groups is 2. The average molecular weight is 626 g/mol. The van der Waals surface area contributed by atoms with Gasteiger partial charge in [-0.25, -0.2) is 8.42 Å². The molecule has 0 aliphatic carbocycles. The van der Waals surface area contributed by atoms with Crippen molar-refractivity contribution < 1.29 is 22.7 Å². The number of pyridine rings is 1. The number of benzene rings is 3. The first-order valence-corrected chi connectivity index (χ1v) is 16.1. The van der Waals surface area contributed by atoms with Crippen molar-refractivity contribution >= 4 is 55.1 Å². The molecule has 4 N–H and O–H groups in total. The maximum absolute atomic E-state index is 14.3. The van der Waals surface area contributed by atoms with Gasteiger partial charge in [0.2, 0.25) is 0 Å². The van der Waals surface area contributed by atoms with Crippen molar-refractivity contribution in [3.05, 3.63) is 101 Å². The number of nitrogens with one attached hydrogen (secondary N) is 2. The molecule has 0 unspecified atom stereocenters. The lowest BCUT2D eigenvalue weighted by Gasteiger charge is -2.25. The Bertz CT molecular complexity index is 2000. The fourth-order valence-corrected chi connectivity index (χ4v) is 7.12. The second kappa shape index (κ2) is 13.3. The summed E-state index contributed by atoms with van der Waals surface area (Å²) >= 11 is 0. The van der Waals surface area contributed by atoms with E-state index in [-0.39, 0.29) is 48.9 Å². The summed E-state index contributed by atoms with van der Waals surface area (Å²) in [5.74, 6) is -0.500. The Balaban J connectivity index is 1.50. The summed E-state index contributed by atoms with van der Waals surface area (Å²) in [7, 11) is -4.14. The fraction of sp³-hybridized carbons (Fsp3) is 0.235. The van der Waals surface area contributed by atoms with E-state index in [2.05, 4.69) is 9.97 Å². The van der Waals surface area contributed by atoms with Crippen LogP contribution >= 0.6 is 0 Å². The number of esters is 1. The van der Waals surface area contributed by atoms with E-state index in [1.807, 2.05) is 19.1 Å². The van der Waals surface area contributed by atoms with Gasteiger partial charge in [0.25, 0.3) is 10.0 Å². The molecule has 0 radical (unpaired) electrons. The standard InChI is InChI=1S/C34H35N5O5S/c1-3-44-31(41)10-6-20-39(45(42,43)30-9-4-7-24-8-5-19-37-33(24)30)26-16-17-28-27(21-26)32(22(2)38-28)29(40)18-13-23-11-14-25(15-12-23)34(35)36/h4-5,7-9,11-12,14-17,19,21,38H,3,6,10,13,18,20H2,1-2H3,(H3,35,36). The highest BCUT2D eigenvalue weighted by atomic mass is 32.2. The molecule has 11 heteroatoms. The van der Waals surface area contributed by atoms with Crippen LogP contribution in [0.25, 0.3) is 21.8 Å². The van der Waals surface area contributed by atoms with Gasteiger partial charge in [-0.1, -0.05) is 42.5 Å². The van der Waals surface area contributed by atoms with Crippen molar-refractivity contribution in [3.8, 4) is 0 Å². The van der Waals surface area contributed by atoms with Crippen LogP contribution in [0.15, 0.2) is 83.9 Å². The number of aromatic amines is 1. The average Bonchev–Trinajstić information content (AvgIpc) is 3.36. The number of hydrogen-bond acceptors (Lipinski definition) is 7. The van der Waals surface area contributed by atoms with E-state index in [4.69, 9.17) is 15.9 Å². The Labute approximate surface area is 261 Å². The highest BCUT2D eigenvalue weighted by Gasteiger charge is 2.28. The van der Waals surface area contributed by atoms with Crippen molar-refractivity contribution in [2.45, 2.75) is 44.4 Å². The molecular formula is C34H35N5O5S. The normalized spacial score (nSPS) is 11.5. The minimum absolute atomic E-state index is 0.0127. The van der Waals surface area contributed by atoms with Crippen LogP contribution in [-0.2, 0) is 26.0 Å². The summed E-state index contributed by atoms with van der Waals surface area (Å²) in [6.07, 6.45) is 2.56. The number of para-hydroxylation sites is 1. The summed E-state index contributed by atoms with van der Waals surface area (Å²) in [5, 5.41) is 8.87. The third-order valence-corrected chi connectivity index (χ3v) is 9.51. The van der Waals surface area contributed by atoms with Crippen LogP contribution < -0.4 is 10.0 Å². The number of aromatic nitrogens is 2. The van der Waals surface area contributed by atoms with Gasteiger partial charge in [0, 0.05) is 58.7 Å². The number of ether oxygens (including phenoxy) is 1. The quantitative estimate of drug-likeness (QED) is 0.0659. The highest BCUT2D eigenvalue weighted by molar-refractivity contribution is 7.93. The van der Waals surface area contributed by atoms with E-state index in [1.165, 1.54) is 10.4 Å². The van der Waals surface area contributed by atoms with Gasteiger partial charge in [-0.3, -0.25) is 24.3 Å². The van der Waals surface area contributed by atoms with Gasteiger partial charge >= 0.3 is 5.97 Å². The molecule has 0 aliphatic heterocycles. The summed E-state index contributed by atoms with van der Waals surface area (Å²) < 4.78 is 35.0. The Morgan fingerprint density at radius 1 is 1.02 bits per heavy atom. The number of nitrogens with zero attached hydrogens (tertiary/aromatic N) is 2. The number of fused-ring (bicyclic) bond motifs is 2. The molecule has 0 spiro atoms. The van der Waals surface area contributed by atoms with E-state index < -0.39 is 16.0 Å². The second-order valence-electron chi connectivity index (χ2n) is 10.7. The number of sulfonamides is 1. The maximum atomic E-state index is 14.3. The molecule has 10 nitrogen and oxygen atoms in total. The monoisotopic (exact) mass is 625 g/mol. The molecule has 3 aromatic carbocycles. The first-order valence-electron chi connectivity index (χ1n) is 14.7. The molecular weight excluding hydrogens is 590 g/mol. The Morgan fingerprint density at radius 3 is 2.51 bits per heavy atom. The topological polar surface area (TPSA) is 159 Å². The number of nitrogen functional groups attached to an aromatic ring is 1. The Hall–Kier alpha value is -5.03. The number of H-pyrrole nitrogens is 1. The van der Waals surface area contributed by atoms with Crippen molar-refractivity contribution in [2.75, 3.05) is 17.5 Å². The largest absolute Gasteiger partial charge is 0.466 e. The molecule has 5 aromatic rings. The van der Waals surface area contributed by atoms with Crippen molar-refractivity contribution in [2.24, 2.45) is 5.73 Å². The van der Waals surface area contributed by atoms with E-state index in [9.17, 15) is 18.0 Å². The van der Waals surface area contributed by atoms with Gasteiger partial charge in [-0.05, 0) is 62.6 Å². The minimum Gasteiger partial charge on any atom is -0.466 e. The zero-order valence-electron chi connectivity index (χ0n) is 25.2. The zero-order chi connectivity index (χ0) is 32.1. The lowest BCUT2D eigenvalue weighted by molar-refractivity contribution is -0.143. The molecule has 2 heterocycles. The SMILES string of the molecule is CCOC(=O)CCCN(c1ccc2[nH]c(C)c(C(=O)CCc3ccc(C(=N)N)cc3)c2c1)S(=O)(=O)c1cccc2cccnc12. The van der Waals surface area contributed by atoms with Crippen LogP contribution in [0.2, 0.25) is 0 Å². The van der Waals surface area contributed by atoms with Crippen LogP contribution in [-0.4, -0.2) is 49.1 Å². The summed E-state index contributed by atoms with van der Waals surface area (Å²) in [6, 6.07) is 21.0. The molecule has 45 heavy (non-hydrogen) atoms. The molecule has 0 bridgehead atoms. The van der Waals surface area contributed by atoms with Crippen LogP contribution in [0.3, 0.4) is 0 Å². The van der Waals surface area contributed by atoms with Gasteiger partial charge in [0.1, 0.15) is 10.7 Å². The predicted octanol–water partition coefficient (Wildman–Crippen LogP) is 5.66. The second-order valence-corrected chi connectivity index (χ2v) is 12.5. The molecule has 2 aromatic heterocycles. The van der Waals surface area contributed by atoms with Gasteiger partial charge in [-0.2, -0.15) is 0 Å². The van der Waals surface area contributed by atoms with Crippen LogP contribution in [0.1, 0.15) is 53.4 Å². The van der Waals surface area contributed by atoms with E-state index in [0.29, 0.717) is 50.7 Å². The zero-order valence-corrected chi connectivity index (χ0v) is 26.0. The van der Waals surface area contributed by atoms with Gasteiger partial charge in [0.05, 0.1) is 17.8 Å². The van der Waals surface area contributed by atoms with Gasteiger partial charge in [0.15, 0.2) is 5.78 Å². The van der Waals surface area contributed by atoms with Crippen molar-refractivity contribution in [3.63, 3.8) is 0 Å². The van der Waals surface area contributed by atoms with Crippen LogP contribution in [0.5, 0.6) is 0 Å². The van der Waals surface area contributed by atoms with Crippen molar-refractivity contribution in [1.29, 1.82) is 5.41 Å². The number of anilines is 1. The molecule has 0 fully saturated rings. The van der Waals surface area contributed by atoms with Crippen LogP contribution in [0, 0.1) is 12.3 Å². The van der Waals surface area contributed by atoms with E-state index >= 15 is 0 Å². The third kappa shape index (κ3) is 6.73. The third-order valence-electron chi connectivity index (χ3n) is 7.65. The van der Waals surface area contributed by atoms with Gasteiger partial charge < -0.3 is 15.5 Å². The molecule has 0 amide bonds. The smallest absolute Gasteiger partial charge is 0.305 e. The fourth-order valence-electron chi connectivity index (χ4n) is 5.45. The number of hydrogen-bond donors (Lipinski definition) is 3. The van der Waals surface area contributed by atoms with E-state index in [0.717, 1.165) is 5.56 Å². The van der Waals surface area contributed by atoms with Crippen LogP contribution in [0.4, 0.5) is 5.69 Å². The number of rotatable bonds is 13. The molecule has 5 rings (SSSR count). The van der Waals surface area contributed by atoms with E-state index in [1.54, 1.807) is 67.7 Å². The lowest BCUT2D eigenvalue weighted by atomic mass is 9.99. The number of nitrogens with two attached hydrogens (primary N) is 1. The molecule has 0 saturated carbocycles. The Kier molecular flexibility index (Phi) is 9.29. The number of ketones is 1. The first kappa shape index (κ1) is 31.4. The summed E-state index contributed by atoms with van der Waals surface area (Å²) in [5.41, 5.74) is 9.72. The molecule has 232 valence electrons. The maximum Gasteiger partial charge on any atom is 0.305 e. The summed E-state index contributed by atoms with van der Waals surface area (Å²) in [6.45, 7) is 3.80. The molecule has 0 aliphatic rings.